The van der Waals surface area contributed by atoms with Gasteiger partial charge in [0.15, 0.2) is 0 Å². The predicted octanol–water partition coefficient (Wildman–Crippen LogP) is 1.76. The number of carbonyl (C=O) groups excluding carboxylic acids is 1. The molecule has 0 aromatic rings. The van der Waals surface area contributed by atoms with Gasteiger partial charge in [0.1, 0.15) is 11.1 Å². The zero-order valence-corrected chi connectivity index (χ0v) is 11.2. The van der Waals surface area contributed by atoms with Gasteiger partial charge in [-0.1, -0.05) is 0 Å². The third-order valence-corrected chi connectivity index (χ3v) is 3.59. The van der Waals surface area contributed by atoms with Crippen LogP contribution in [0.2, 0.25) is 0 Å². The molecule has 5 heteroatoms. The maximum Gasteiger partial charge on any atom is 0.411 e. The molecule has 1 saturated heterocycles. The summed E-state index contributed by atoms with van der Waals surface area (Å²) in [4.78, 5) is 13.7. The van der Waals surface area contributed by atoms with Crippen LogP contribution in [-0.2, 0) is 14.2 Å². The molecule has 5 nitrogen and oxygen atoms in total. The van der Waals surface area contributed by atoms with E-state index in [0.717, 1.165) is 12.8 Å². The number of methoxy groups -OCH3 is 2. The fourth-order valence-corrected chi connectivity index (χ4v) is 2.54. The highest BCUT2D eigenvalue weighted by atomic mass is 16.7. The third kappa shape index (κ3) is 1.72. The number of likely N-dealkylation sites (tertiary alicyclic amines) is 1. The lowest BCUT2D eigenvalue weighted by Crippen LogP contribution is -2.75. The molecule has 0 aromatic heterocycles. The van der Waals surface area contributed by atoms with Crippen LogP contribution in [0.15, 0.2) is 0 Å². The van der Waals surface area contributed by atoms with Crippen molar-refractivity contribution in [3.8, 4) is 0 Å². The molecule has 1 aliphatic heterocycles. The van der Waals surface area contributed by atoms with Gasteiger partial charge in [-0.25, -0.2) is 4.79 Å². The summed E-state index contributed by atoms with van der Waals surface area (Å²) in [6.07, 6.45) is 1.54. The summed E-state index contributed by atoms with van der Waals surface area (Å²) in [5.74, 6) is -0.635. The molecule has 0 atom stereocenters. The molecule has 0 N–H and O–H groups in total. The van der Waals surface area contributed by atoms with Crippen LogP contribution in [-0.4, -0.2) is 48.7 Å². The lowest BCUT2D eigenvalue weighted by Gasteiger charge is -2.55. The minimum atomic E-state index is -0.635. The van der Waals surface area contributed by atoms with Crippen molar-refractivity contribution in [3.05, 3.63) is 0 Å². The second-order valence-electron chi connectivity index (χ2n) is 5.76. The van der Waals surface area contributed by atoms with Crippen LogP contribution in [0.25, 0.3) is 0 Å². The van der Waals surface area contributed by atoms with Crippen LogP contribution in [0.5, 0.6) is 0 Å². The fourth-order valence-electron chi connectivity index (χ4n) is 2.54. The van der Waals surface area contributed by atoms with Crippen LogP contribution < -0.4 is 0 Å². The van der Waals surface area contributed by atoms with Gasteiger partial charge in [-0.15, -0.1) is 0 Å². The van der Waals surface area contributed by atoms with E-state index in [4.69, 9.17) is 14.2 Å². The molecule has 1 aliphatic carbocycles. The van der Waals surface area contributed by atoms with Crippen molar-refractivity contribution in [3.63, 3.8) is 0 Å². The van der Waals surface area contributed by atoms with Crippen LogP contribution in [0, 0.1) is 0 Å². The predicted molar refractivity (Wildman–Crippen MR) is 61.7 cm³/mol. The zero-order chi connectivity index (χ0) is 12.9. The Bertz CT molecular complexity index is 326. The quantitative estimate of drug-likeness (QED) is 0.693. The topological polar surface area (TPSA) is 48.0 Å². The van der Waals surface area contributed by atoms with Gasteiger partial charge in [-0.2, -0.15) is 0 Å². The largest absolute Gasteiger partial charge is 0.444 e. The van der Waals surface area contributed by atoms with E-state index >= 15 is 0 Å². The maximum atomic E-state index is 12.0. The monoisotopic (exact) mass is 243 g/mol. The van der Waals surface area contributed by atoms with Crippen LogP contribution >= 0.6 is 0 Å². The molecule has 2 rings (SSSR count). The Labute approximate surface area is 102 Å². The van der Waals surface area contributed by atoms with E-state index in [1.807, 2.05) is 20.8 Å². The SMILES string of the molecule is COC1(OC)CN(C(=O)OC(C)(C)C)C12CC2. The first-order valence-corrected chi connectivity index (χ1v) is 5.91. The maximum absolute atomic E-state index is 12.0. The molecule has 0 bridgehead atoms. The molecular weight excluding hydrogens is 222 g/mol. The van der Waals surface area contributed by atoms with Gasteiger partial charge in [-0.3, -0.25) is 4.90 Å². The fraction of sp³-hybridized carbons (Fsp3) is 0.917. The van der Waals surface area contributed by atoms with Crippen molar-refractivity contribution in [2.75, 3.05) is 20.8 Å². The van der Waals surface area contributed by atoms with Gasteiger partial charge in [0.2, 0.25) is 5.79 Å². The van der Waals surface area contributed by atoms with Crippen molar-refractivity contribution in [1.29, 1.82) is 0 Å². The number of ether oxygens (including phenoxy) is 3. The van der Waals surface area contributed by atoms with Crippen molar-refractivity contribution < 1.29 is 19.0 Å². The molecule has 2 fully saturated rings. The number of carbonyl (C=O) groups is 1. The minimum absolute atomic E-state index is 0.278. The first kappa shape index (κ1) is 12.6. The highest BCUT2D eigenvalue weighted by Gasteiger charge is 2.75. The normalized spacial score (nSPS) is 24.4. The van der Waals surface area contributed by atoms with Crippen LogP contribution in [0.3, 0.4) is 0 Å². The number of hydrogen-bond acceptors (Lipinski definition) is 4. The first-order valence-electron chi connectivity index (χ1n) is 5.91. The smallest absolute Gasteiger partial charge is 0.411 e. The molecule has 2 aliphatic rings. The lowest BCUT2D eigenvalue weighted by molar-refractivity contribution is -0.312. The van der Waals surface area contributed by atoms with Gasteiger partial charge < -0.3 is 14.2 Å². The van der Waals surface area contributed by atoms with Gasteiger partial charge in [0, 0.05) is 14.2 Å². The molecule has 0 radical (unpaired) electrons. The van der Waals surface area contributed by atoms with Crippen LogP contribution in [0.1, 0.15) is 33.6 Å². The Hall–Kier alpha value is -0.810. The highest BCUT2D eigenvalue weighted by molar-refractivity contribution is 5.72. The van der Waals surface area contributed by atoms with E-state index in [-0.39, 0.29) is 11.6 Å². The zero-order valence-electron chi connectivity index (χ0n) is 11.2. The van der Waals surface area contributed by atoms with E-state index < -0.39 is 11.4 Å². The second-order valence-corrected chi connectivity index (χ2v) is 5.76. The number of hydrogen-bond donors (Lipinski definition) is 0. The summed E-state index contributed by atoms with van der Waals surface area (Å²) in [7, 11) is 3.24. The van der Waals surface area contributed by atoms with E-state index in [9.17, 15) is 4.79 Å². The summed E-state index contributed by atoms with van der Waals surface area (Å²) in [5, 5.41) is 0. The number of nitrogens with zero attached hydrogens (tertiary/aromatic N) is 1. The van der Waals surface area contributed by atoms with Gasteiger partial charge >= 0.3 is 6.09 Å². The van der Waals surface area contributed by atoms with Crippen molar-refractivity contribution in [2.24, 2.45) is 0 Å². The summed E-state index contributed by atoms with van der Waals surface area (Å²) < 4.78 is 16.3. The molecule has 1 spiro atoms. The Morgan fingerprint density at radius 3 is 2.06 bits per heavy atom. The van der Waals surface area contributed by atoms with E-state index in [1.54, 1.807) is 19.1 Å². The number of amides is 1. The summed E-state index contributed by atoms with van der Waals surface area (Å²) >= 11 is 0. The summed E-state index contributed by atoms with van der Waals surface area (Å²) in [6, 6.07) is 0. The van der Waals surface area contributed by atoms with E-state index in [0.29, 0.717) is 6.54 Å². The molecule has 1 saturated carbocycles. The average molecular weight is 243 g/mol. The molecular formula is C12H21NO4. The average Bonchev–Trinajstić information content (AvgIpc) is 2.97. The molecule has 0 unspecified atom stereocenters. The molecule has 98 valence electrons. The van der Waals surface area contributed by atoms with Crippen LogP contribution in [0.4, 0.5) is 4.79 Å². The molecule has 0 aromatic carbocycles. The Balaban J connectivity index is 2.06. The number of rotatable bonds is 2. The lowest BCUT2D eigenvalue weighted by atomic mass is 9.92. The standard InChI is InChI=1S/C12H21NO4/c1-10(2,3)17-9(14)13-8-12(15-4,16-5)11(13)6-7-11/h6-8H2,1-5H3. The molecule has 1 amide bonds. The van der Waals surface area contributed by atoms with E-state index in [2.05, 4.69) is 0 Å². The molecule has 1 heterocycles. The van der Waals surface area contributed by atoms with Gasteiger partial charge in [0.25, 0.3) is 0 Å². The Morgan fingerprint density at radius 2 is 1.71 bits per heavy atom. The van der Waals surface area contributed by atoms with Gasteiger partial charge in [0.05, 0.1) is 6.54 Å². The second kappa shape index (κ2) is 3.59. The Morgan fingerprint density at radius 1 is 1.18 bits per heavy atom. The summed E-state index contributed by atoms with van der Waals surface area (Å²) in [5.41, 5.74) is -0.760. The van der Waals surface area contributed by atoms with E-state index in [1.165, 1.54) is 0 Å². The van der Waals surface area contributed by atoms with Crippen molar-refractivity contribution in [2.45, 2.75) is 50.5 Å². The first-order chi connectivity index (χ1) is 7.80. The third-order valence-electron chi connectivity index (χ3n) is 3.59. The Kier molecular flexibility index (Phi) is 2.67. The van der Waals surface area contributed by atoms with Gasteiger partial charge in [-0.05, 0) is 33.6 Å². The van der Waals surface area contributed by atoms with Crippen molar-refractivity contribution in [1.82, 2.24) is 4.90 Å². The minimum Gasteiger partial charge on any atom is -0.444 e. The highest BCUT2D eigenvalue weighted by Crippen LogP contribution is 2.59. The van der Waals surface area contributed by atoms with Crippen molar-refractivity contribution >= 4 is 6.09 Å². The summed E-state index contributed by atoms with van der Waals surface area (Å²) in [6.45, 7) is 6.04. The molecule has 17 heavy (non-hydrogen) atoms.